The molecule has 0 N–H and O–H groups in total. The molecular formula is C25H24O6P+. The third-order valence-corrected chi connectivity index (χ3v) is 9.43. The lowest BCUT2D eigenvalue weighted by molar-refractivity contribution is 0.0593. The quantitative estimate of drug-likeness (QED) is 0.326. The van der Waals surface area contributed by atoms with Gasteiger partial charge in [-0.2, -0.15) is 0 Å². The van der Waals surface area contributed by atoms with Crippen molar-refractivity contribution in [2.75, 3.05) is 28.0 Å². The highest BCUT2D eigenvalue weighted by Crippen LogP contribution is 2.54. The molecule has 0 aliphatic heterocycles. The summed E-state index contributed by atoms with van der Waals surface area (Å²) in [4.78, 5) is 38.1. The Morgan fingerprint density at radius 2 is 0.781 bits per heavy atom. The van der Waals surface area contributed by atoms with Crippen molar-refractivity contribution in [2.45, 2.75) is 0 Å². The Bertz CT molecular complexity index is 1030. The van der Waals surface area contributed by atoms with Crippen LogP contribution in [0.3, 0.4) is 0 Å². The highest BCUT2D eigenvalue weighted by atomic mass is 31.2. The standard InChI is InChI=1S/C25H24O6P/c1-29-23(26)17-11-5-8-14-20(17)32(4,21-15-9-6-12-18(21)24(27)30-2)22-16-10-7-13-19(22)25(28)31-3/h5-16H,1-4H3/q+1. The zero-order valence-electron chi connectivity index (χ0n) is 18.3. The summed E-state index contributed by atoms with van der Waals surface area (Å²) in [5.74, 6) is -1.51. The fraction of sp³-hybridized carbons (Fsp3) is 0.160. The molecule has 0 heterocycles. The summed E-state index contributed by atoms with van der Waals surface area (Å²) in [6, 6.07) is 21.3. The topological polar surface area (TPSA) is 78.9 Å². The van der Waals surface area contributed by atoms with Crippen LogP contribution in [-0.4, -0.2) is 45.9 Å². The molecule has 0 aliphatic carbocycles. The summed E-state index contributed by atoms with van der Waals surface area (Å²) in [6.45, 7) is 1.97. The van der Waals surface area contributed by atoms with Gasteiger partial charge in [-0.1, -0.05) is 36.4 Å². The average molecular weight is 451 g/mol. The van der Waals surface area contributed by atoms with Gasteiger partial charge >= 0.3 is 17.9 Å². The van der Waals surface area contributed by atoms with E-state index in [0.717, 1.165) is 0 Å². The van der Waals surface area contributed by atoms with Crippen LogP contribution in [-0.2, 0) is 14.2 Å². The van der Waals surface area contributed by atoms with Crippen LogP contribution in [0.1, 0.15) is 31.1 Å². The molecule has 0 unspecified atom stereocenters. The minimum Gasteiger partial charge on any atom is -0.465 e. The summed E-state index contributed by atoms with van der Waals surface area (Å²) in [7, 11) is 1.21. The van der Waals surface area contributed by atoms with Crippen molar-refractivity contribution in [3.05, 3.63) is 89.5 Å². The Kier molecular flexibility index (Phi) is 7.06. The van der Waals surface area contributed by atoms with Gasteiger partial charge in [0, 0.05) is 0 Å². The number of esters is 3. The molecule has 0 bridgehead atoms. The number of carbonyl (C=O) groups excluding carboxylic acids is 3. The predicted molar refractivity (Wildman–Crippen MR) is 125 cm³/mol. The first kappa shape index (κ1) is 23.2. The lowest BCUT2D eigenvalue weighted by Gasteiger charge is -2.27. The maximum atomic E-state index is 12.7. The largest absolute Gasteiger partial charge is 0.465 e. The minimum atomic E-state index is -2.74. The first-order valence-corrected chi connectivity index (χ1v) is 12.0. The molecule has 7 heteroatoms. The van der Waals surface area contributed by atoms with Crippen LogP contribution < -0.4 is 15.9 Å². The van der Waals surface area contributed by atoms with Gasteiger partial charge in [-0.3, -0.25) is 0 Å². The molecule has 0 saturated heterocycles. The zero-order chi connectivity index (χ0) is 23.3. The number of benzene rings is 3. The summed E-state index contributed by atoms with van der Waals surface area (Å²) in [6.07, 6.45) is 0. The van der Waals surface area contributed by atoms with Crippen molar-refractivity contribution in [1.82, 2.24) is 0 Å². The maximum Gasteiger partial charge on any atom is 0.341 e. The Balaban J connectivity index is 2.49. The maximum absolute atomic E-state index is 12.7. The van der Waals surface area contributed by atoms with Crippen molar-refractivity contribution in [1.29, 1.82) is 0 Å². The van der Waals surface area contributed by atoms with E-state index in [1.165, 1.54) is 21.3 Å². The Morgan fingerprint density at radius 3 is 1.03 bits per heavy atom. The summed E-state index contributed by atoms with van der Waals surface area (Å²) < 4.78 is 15.1. The second-order valence-corrected chi connectivity index (χ2v) is 10.5. The van der Waals surface area contributed by atoms with Crippen molar-refractivity contribution < 1.29 is 28.6 Å². The zero-order valence-corrected chi connectivity index (χ0v) is 19.2. The van der Waals surface area contributed by atoms with Crippen molar-refractivity contribution in [2.24, 2.45) is 0 Å². The van der Waals surface area contributed by atoms with E-state index >= 15 is 0 Å². The van der Waals surface area contributed by atoms with E-state index in [1.54, 1.807) is 36.4 Å². The van der Waals surface area contributed by atoms with E-state index in [4.69, 9.17) is 14.2 Å². The summed E-state index contributed by atoms with van der Waals surface area (Å²) in [5.41, 5.74) is 1.10. The van der Waals surface area contributed by atoms with Crippen LogP contribution in [0, 0.1) is 0 Å². The number of methoxy groups -OCH3 is 3. The van der Waals surface area contributed by atoms with E-state index in [0.29, 0.717) is 32.6 Å². The molecule has 0 amide bonds. The molecule has 3 rings (SSSR count). The third-order valence-electron chi connectivity index (χ3n) is 5.37. The van der Waals surface area contributed by atoms with Crippen LogP contribution in [0.5, 0.6) is 0 Å². The van der Waals surface area contributed by atoms with E-state index < -0.39 is 25.2 Å². The van der Waals surface area contributed by atoms with Crippen LogP contribution >= 0.6 is 7.26 Å². The van der Waals surface area contributed by atoms with Gasteiger partial charge in [-0.25, -0.2) is 14.4 Å². The molecule has 32 heavy (non-hydrogen) atoms. The molecule has 0 atom stereocenters. The molecular weight excluding hydrogens is 427 g/mol. The molecule has 164 valence electrons. The molecule has 0 radical (unpaired) electrons. The number of carbonyl (C=O) groups is 3. The van der Waals surface area contributed by atoms with Crippen molar-refractivity contribution in [3.63, 3.8) is 0 Å². The molecule has 0 fully saturated rings. The van der Waals surface area contributed by atoms with Crippen molar-refractivity contribution in [3.8, 4) is 0 Å². The van der Waals surface area contributed by atoms with Crippen molar-refractivity contribution >= 4 is 41.1 Å². The number of hydrogen-bond acceptors (Lipinski definition) is 6. The Hall–Kier alpha value is -3.50. The highest BCUT2D eigenvalue weighted by molar-refractivity contribution is 7.95. The van der Waals surface area contributed by atoms with Gasteiger partial charge in [-0.15, -0.1) is 0 Å². The van der Waals surface area contributed by atoms with Gasteiger partial charge in [0.2, 0.25) is 0 Å². The summed E-state index contributed by atoms with van der Waals surface area (Å²) >= 11 is 0. The molecule has 0 saturated carbocycles. The van der Waals surface area contributed by atoms with E-state index in [-0.39, 0.29) is 0 Å². The van der Waals surface area contributed by atoms with E-state index in [9.17, 15) is 14.4 Å². The Morgan fingerprint density at radius 1 is 0.531 bits per heavy atom. The van der Waals surface area contributed by atoms with E-state index in [2.05, 4.69) is 0 Å². The first-order valence-electron chi connectivity index (χ1n) is 9.80. The van der Waals surface area contributed by atoms with Crippen LogP contribution in [0.25, 0.3) is 0 Å². The molecule has 0 aromatic heterocycles. The second kappa shape index (κ2) is 9.75. The predicted octanol–water partition coefficient (Wildman–Crippen LogP) is 2.97. The Labute approximate surface area is 187 Å². The van der Waals surface area contributed by atoms with Crippen LogP contribution in [0.15, 0.2) is 72.8 Å². The smallest absolute Gasteiger partial charge is 0.341 e. The monoisotopic (exact) mass is 451 g/mol. The number of hydrogen-bond donors (Lipinski definition) is 0. The van der Waals surface area contributed by atoms with Gasteiger partial charge in [0.05, 0.1) is 28.0 Å². The van der Waals surface area contributed by atoms with E-state index in [1.807, 2.05) is 43.1 Å². The molecule has 3 aromatic carbocycles. The molecule has 0 spiro atoms. The fourth-order valence-electron chi connectivity index (χ4n) is 3.83. The van der Waals surface area contributed by atoms with Gasteiger partial charge in [0.25, 0.3) is 0 Å². The van der Waals surface area contributed by atoms with Gasteiger partial charge in [0.15, 0.2) is 0 Å². The first-order chi connectivity index (χ1) is 15.4. The minimum absolute atomic E-state index is 0.366. The normalized spacial score (nSPS) is 10.9. The lowest BCUT2D eigenvalue weighted by Crippen LogP contribution is -2.38. The number of rotatable bonds is 6. The third kappa shape index (κ3) is 4.02. The number of ether oxygens (including phenoxy) is 3. The van der Waals surface area contributed by atoms with Gasteiger partial charge in [0.1, 0.15) is 39.9 Å². The van der Waals surface area contributed by atoms with Gasteiger partial charge in [-0.05, 0) is 36.4 Å². The highest BCUT2D eigenvalue weighted by Gasteiger charge is 2.48. The van der Waals surface area contributed by atoms with Crippen LogP contribution in [0.2, 0.25) is 0 Å². The fourth-order valence-corrected chi connectivity index (χ4v) is 7.70. The second-order valence-electron chi connectivity index (χ2n) is 7.03. The van der Waals surface area contributed by atoms with Crippen LogP contribution in [0.4, 0.5) is 0 Å². The SMILES string of the molecule is COC(=O)c1ccccc1[P+](C)(c1ccccc1C(=O)OC)c1ccccc1C(=O)OC. The molecule has 6 nitrogen and oxygen atoms in total. The molecule has 0 aliphatic rings. The lowest BCUT2D eigenvalue weighted by atomic mass is 10.2. The molecule has 3 aromatic rings. The van der Waals surface area contributed by atoms with Gasteiger partial charge < -0.3 is 14.2 Å². The summed E-state index contributed by atoms with van der Waals surface area (Å²) in [5, 5.41) is 2.04. The average Bonchev–Trinajstić information content (AvgIpc) is 2.86.